The molecule has 0 atom stereocenters. The topological polar surface area (TPSA) is 83.4 Å². The Kier molecular flexibility index (Phi) is 4.38. The summed E-state index contributed by atoms with van der Waals surface area (Å²) in [5.41, 5.74) is -0.782. The lowest BCUT2D eigenvalue weighted by molar-refractivity contribution is -0.0544. The average molecular weight is 288 g/mol. The van der Waals surface area contributed by atoms with E-state index >= 15 is 0 Å². The van der Waals surface area contributed by atoms with Gasteiger partial charge >= 0.3 is 0 Å². The Bertz CT molecular complexity index is 437. The molecule has 0 aromatic carbocycles. The van der Waals surface area contributed by atoms with E-state index < -0.39 is 5.60 Å². The zero-order chi connectivity index (χ0) is 13.9. The third kappa shape index (κ3) is 3.89. The summed E-state index contributed by atoms with van der Waals surface area (Å²) in [7, 11) is 3.64. The maximum absolute atomic E-state index is 10.3. The number of hydrogen-bond acceptors (Lipinski definition) is 7. The Morgan fingerprint density at radius 2 is 2.00 bits per heavy atom. The molecule has 0 unspecified atom stereocenters. The first-order valence-corrected chi connectivity index (χ1v) is 6.49. The summed E-state index contributed by atoms with van der Waals surface area (Å²) in [5.74, 6) is 0.838. The molecule has 0 aliphatic carbocycles. The van der Waals surface area contributed by atoms with Crippen LogP contribution in [0.15, 0.2) is 0 Å². The van der Waals surface area contributed by atoms with Crippen molar-refractivity contribution in [2.24, 2.45) is 0 Å². The molecule has 0 radical (unpaired) electrons. The molecule has 19 heavy (non-hydrogen) atoms. The van der Waals surface area contributed by atoms with E-state index in [4.69, 9.17) is 16.3 Å². The predicted molar refractivity (Wildman–Crippen MR) is 72.7 cm³/mol. The smallest absolute Gasteiger partial charge is 0.230 e. The van der Waals surface area contributed by atoms with Crippen LogP contribution in [0.3, 0.4) is 0 Å². The van der Waals surface area contributed by atoms with E-state index in [9.17, 15) is 5.11 Å². The summed E-state index contributed by atoms with van der Waals surface area (Å²) in [4.78, 5) is 13.9. The third-order valence-corrected chi connectivity index (χ3v) is 3.16. The highest BCUT2D eigenvalue weighted by Gasteiger charge is 2.29. The summed E-state index contributed by atoms with van der Waals surface area (Å²) in [5, 5.41) is 13.5. The van der Waals surface area contributed by atoms with Gasteiger partial charge in [0, 0.05) is 46.7 Å². The van der Waals surface area contributed by atoms with E-state index in [2.05, 4.69) is 20.3 Å². The van der Waals surface area contributed by atoms with E-state index in [1.165, 1.54) is 0 Å². The molecule has 2 heterocycles. The number of anilines is 2. The summed E-state index contributed by atoms with van der Waals surface area (Å²) >= 11 is 5.84. The van der Waals surface area contributed by atoms with Crippen LogP contribution < -0.4 is 10.2 Å². The van der Waals surface area contributed by atoms with Crippen LogP contribution in [0.2, 0.25) is 5.28 Å². The number of nitrogens with zero attached hydrogens (tertiary/aromatic N) is 4. The molecule has 1 aromatic rings. The van der Waals surface area contributed by atoms with Gasteiger partial charge < -0.3 is 20.1 Å². The fourth-order valence-corrected chi connectivity index (χ4v) is 1.95. The van der Waals surface area contributed by atoms with Gasteiger partial charge in [-0.25, -0.2) is 0 Å². The molecule has 106 valence electrons. The summed E-state index contributed by atoms with van der Waals surface area (Å²) in [6, 6.07) is 0. The predicted octanol–water partition coefficient (Wildman–Crippen LogP) is 0.544. The van der Waals surface area contributed by atoms with Crippen LogP contribution in [-0.4, -0.2) is 59.5 Å². The Morgan fingerprint density at radius 3 is 2.63 bits per heavy atom. The molecule has 0 spiro atoms. The Balaban J connectivity index is 2.02. The molecule has 1 aromatic heterocycles. The van der Waals surface area contributed by atoms with Gasteiger partial charge in [0.15, 0.2) is 0 Å². The fraction of sp³-hybridized carbons (Fsp3) is 0.727. The molecular formula is C11H18ClN5O2. The largest absolute Gasteiger partial charge is 0.388 e. The lowest BCUT2D eigenvalue weighted by atomic mass is 9.94. The first kappa shape index (κ1) is 14.2. The van der Waals surface area contributed by atoms with Crippen LogP contribution in [0.5, 0.6) is 0 Å². The Hall–Kier alpha value is -1.18. The highest BCUT2D eigenvalue weighted by molar-refractivity contribution is 6.28. The average Bonchev–Trinajstić information content (AvgIpc) is 2.37. The van der Waals surface area contributed by atoms with E-state index in [0.717, 1.165) is 0 Å². The highest BCUT2D eigenvalue weighted by Crippen LogP contribution is 2.21. The zero-order valence-corrected chi connectivity index (χ0v) is 11.8. The van der Waals surface area contributed by atoms with Crippen molar-refractivity contribution in [2.45, 2.75) is 18.4 Å². The molecule has 1 fully saturated rings. The number of halogens is 1. The number of aliphatic hydroxyl groups is 1. The van der Waals surface area contributed by atoms with Gasteiger partial charge in [0.1, 0.15) is 0 Å². The molecule has 1 aliphatic rings. The summed E-state index contributed by atoms with van der Waals surface area (Å²) in [6.45, 7) is 1.50. The molecule has 2 N–H and O–H groups in total. The SMILES string of the molecule is CN(C)c1nc(Cl)nc(NCC2(O)CCOCC2)n1. The number of rotatable bonds is 4. The van der Waals surface area contributed by atoms with Crippen LogP contribution in [-0.2, 0) is 4.74 Å². The second kappa shape index (κ2) is 5.85. The Morgan fingerprint density at radius 1 is 1.32 bits per heavy atom. The lowest BCUT2D eigenvalue weighted by Gasteiger charge is -2.32. The van der Waals surface area contributed by atoms with Gasteiger partial charge in [-0.15, -0.1) is 0 Å². The zero-order valence-electron chi connectivity index (χ0n) is 11.1. The molecule has 1 aliphatic heterocycles. The van der Waals surface area contributed by atoms with E-state index in [1.807, 2.05) is 14.1 Å². The maximum atomic E-state index is 10.3. The normalized spacial score (nSPS) is 18.1. The van der Waals surface area contributed by atoms with Crippen molar-refractivity contribution < 1.29 is 9.84 Å². The van der Waals surface area contributed by atoms with Crippen molar-refractivity contribution in [2.75, 3.05) is 44.1 Å². The van der Waals surface area contributed by atoms with Crippen LogP contribution in [0.1, 0.15) is 12.8 Å². The van der Waals surface area contributed by atoms with Crippen molar-refractivity contribution in [3.05, 3.63) is 5.28 Å². The molecule has 7 nitrogen and oxygen atoms in total. The molecule has 1 saturated heterocycles. The van der Waals surface area contributed by atoms with Gasteiger partial charge in [-0.2, -0.15) is 15.0 Å². The van der Waals surface area contributed by atoms with Gasteiger partial charge in [0.2, 0.25) is 17.2 Å². The van der Waals surface area contributed by atoms with Crippen LogP contribution in [0.4, 0.5) is 11.9 Å². The van der Waals surface area contributed by atoms with E-state index in [1.54, 1.807) is 4.90 Å². The van der Waals surface area contributed by atoms with Crippen LogP contribution in [0, 0.1) is 0 Å². The Labute approximate surface area is 117 Å². The van der Waals surface area contributed by atoms with Crippen LogP contribution in [0.25, 0.3) is 0 Å². The summed E-state index contributed by atoms with van der Waals surface area (Å²) < 4.78 is 5.23. The molecule has 0 bridgehead atoms. The maximum Gasteiger partial charge on any atom is 0.230 e. The summed E-state index contributed by atoms with van der Waals surface area (Å²) in [6.07, 6.45) is 1.19. The third-order valence-electron chi connectivity index (χ3n) is 3.00. The van der Waals surface area contributed by atoms with Gasteiger partial charge in [0.25, 0.3) is 0 Å². The second-order valence-corrected chi connectivity index (χ2v) is 5.15. The van der Waals surface area contributed by atoms with Gasteiger partial charge in [-0.3, -0.25) is 0 Å². The second-order valence-electron chi connectivity index (χ2n) is 4.81. The number of ether oxygens (including phenoxy) is 1. The highest BCUT2D eigenvalue weighted by atomic mass is 35.5. The van der Waals surface area contributed by atoms with Crippen molar-refractivity contribution in [3.8, 4) is 0 Å². The van der Waals surface area contributed by atoms with Crippen molar-refractivity contribution in [3.63, 3.8) is 0 Å². The van der Waals surface area contributed by atoms with Crippen molar-refractivity contribution in [1.82, 2.24) is 15.0 Å². The lowest BCUT2D eigenvalue weighted by Crippen LogP contribution is -2.42. The number of aromatic nitrogens is 3. The molecular weight excluding hydrogens is 270 g/mol. The molecule has 2 rings (SSSR count). The molecule has 0 saturated carbocycles. The van der Waals surface area contributed by atoms with Crippen LogP contribution >= 0.6 is 11.6 Å². The first-order valence-electron chi connectivity index (χ1n) is 6.11. The van der Waals surface area contributed by atoms with E-state index in [-0.39, 0.29) is 5.28 Å². The van der Waals surface area contributed by atoms with Crippen molar-refractivity contribution >= 4 is 23.5 Å². The standard InChI is InChI=1S/C11H18ClN5O2/c1-17(2)10-15-8(12)14-9(16-10)13-7-11(18)3-5-19-6-4-11/h18H,3-7H2,1-2H3,(H,13,14,15,16). The quantitative estimate of drug-likeness (QED) is 0.836. The molecule has 0 amide bonds. The fourth-order valence-electron chi connectivity index (χ4n) is 1.79. The minimum absolute atomic E-state index is 0.125. The number of hydrogen-bond donors (Lipinski definition) is 2. The van der Waals surface area contributed by atoms with E-state index in [0.29, 0.717) is 44.5 Å². The monoisotopic (exact) mass is 287 g/mol. The number of nitrogens with one attached hydrogen (secondary N) is 1. The van der Waals surface area contributed by atoms with Gasteiger partial charge in [-0.05, 0) is 11.6 Å². The molecule has 8 heteroatoms. The van der Waals surface area contributed by atoms with Gasteiger partial charge in [-0.1, -0.05) is 0 Å². The minimum atomic E-state index is -0.782. The minimum Gasteiger partial charge on any atom is -0.388 e. The van der Waals surface area contributed by atoms with Crippen molar-refractivity contribution in [1.29, 1.82) is 0 Å². The first-order chi connectivity index (χ1) is 8.98. The van der Waals surface area contributed by atoms with Gasteiger partial charge in [0.05, 0.1) is 5.60 Å².